The number of hydrogen-bond acceptors (Lipinski definition) is 5. The van der Waals surface area contributed by atoms with Gasteiger partial charge in [0, 0.05) is 0 Å². The average Bonchev–Trinajstić information content (AvgIpc) is 2.37. The summed E-state index contributed by atoms with van der Waals surface area (Å²) in [5, 5.41) is 27.7. The Morgan fingerprint density at radius 3 is 2.24 bits per heavy atom. The quantitative estimate of drug-likeness (QED) is 0.645. The van der Waals surface area contributed by atoms with E-state index < -0.39 is 18.2 Å². The molecule has 3 N–H and O–H groups in total. The van der Waals surface area contributed by atoms with Crippen molar-refractivity contribution in [2.45, 2.75) is 19.1 Å². The molecular weight excluding hydrogens is 224 g/mol. The molecule has 0 amide bonds. The zero-order valence-electron chi connectivity index (χ0n) is 9.54. The Kier molecular flexibility index (Phi) is 5.09. The Hall–Kier alpha value is -1.43. The van der Waals surface area contributed by atoms with Crippen LogP contribution in [0.5, 0.6) is 0 Å². The summed E-state index contributed by atoms with van der Waals surface area (Å²) in [7, 11) is 0. The molecule has 1 aromatic carbocycles. The lowest BCUT2D eigenvalue weighted by Gasteiger charge is -2.12. The standard InChI is InChI=1S/C12H16O5/c1-2-17-12(16)11(15)9-5-3-8(4-6-9)10(14)7-13/h3-6,10-11,13-15H,2,7H2,1H3. The third kappa shape index (κ3) is 3.52. The number of benzene rings is 1. The van der Waals surface area contributed by atoms with Gasteiger partial charge in [-0.15, -0.1) is 0 Å². The van der Waals surface area contributed by atoms with Gasteiger partial charge in [-0.05, 0) is 18.1 Å². The molecule has 17 heavy (non-hydrogen) atoms. The highest BCUT2D eigenvalue weighted by atomic mass is 16.5. The Bertz CT molecular complexity index is 360. The first-order chi connectivity index (χ1) is 8.10. The topological polar surface area (TPSA) is 87.0 Å². The molecule has 0 aliphatic rings. The minimum atomic E-state index is -1.32. The summed E-state index contributed by atoms with van der Waals surface area (Å²) in [6.07, 6.45) is -2.28. The van der Waals surface area contributed by atoms with Crippen molar-refractivity contribution in [1.82, 2.24) is 0 Å². The van der Waals surface area contributed by atoms with Gasteiger partial charge in [-0.25, -0.2) is 4.79 Å². The molecule has 94 valence electrons. The third-order valence-corrected chi connectivity index (χ3v) is 2.32. The second-order valence-electron chi connectivity index (χ2n) is 3.52. The molecular formula is C12H16O5. The number of aliphatic hydroxyl groups excluding tert-OH is 3. The Balaban J connectivity index is 2.76. The SMILES string of the molecule is CCOC(=O)C(O)c1ccc(C(O)CO)cc1. The number of carbonyl (C=O) groups is 1. The molecule has 0 aromatic heterocycles. The first-order valence-electron chi connectivity index (χ1n) is 5.33. The summed E-state index contributed by atoms with van der Waals surface area (Å²) in [5.41, 5.74) is 0.907. The highest BCUT2D eigenvalue weighted by Crippen LogP contribution is 2.18. The van der Waals surface area contributed by atoms with Gasteiger partial charge < -0.3 is 20.1 Å². The first-order valence-corrected chi connectivity index (χ1v) is 5.33. The number of ether oxygens (including phenoxy) is 1. The summed E-state index contributed by atoms with van der Waals surface area (Å²) in [6.45, 7) is 1.49. The molecule has 0 spiro atoms. The normalized spacial score (nSPS) is 14.1. The highest BCUT2D eigenvalue weighted by Gasteiger charge is 2.18. The number of rotatable bonds is 5. The van der Waals surface area contributed by atoms with E-state index in [-0.39, 0.29) is 13.2 Å². The Morgan fingerprint density at radius 1 is 1.24 bits per heavy atom. The van der Waals surface area contributed by atoms with E-state index in [0.717, 1.165) is 0 Å². The van der Waals surface area contributed by atoms with Crippen LogP contribution in [-0.4, -0.2) is 34.5 Å². The highest BCUT2D eigenvalue weighted by molar-refractivity contribution is 5.76. The molecule has 1 aromatic rings. The monoisotopic (exact) mass is 240 g/mol. The summed E-state index contributed by atoms with van der Waals surface area (Å²) in [4.78, 5) is 11.3. The van der Waals surface area contributed by atoms with Crippen molar-refractivity contribution in [3.8, 4) is 0 Å². The van der Waals surface area contributed by atoms with Crippen molar-refractivity contribution < 1.29 is 24.9 Å². The molecule has 2 atom stereocenters. The number of aliphatic hydroxyl groups is 3. The molecule has 5 nitrogen and oxygen atoms in total. The Labute approximate surface area is 99.3 Å². The van der Waals surface area contributed by atoms with Crippen LogP contribution >= 0.6 is 0 Å². The van der Waals surface area contributed by atoms with E-state index in [1.165, 1.54) is 12.1 Å². The van der Waals surface area contributed by atoms with Gasteiger partial charge in [0.15, 0.2) is 6.10 Å². The van der Waals surface area contributed by atoms with Crippen molar-refractivity contribution in [3.63, 3.8) is 0 Å². The van der Waals surface area contributed by atoms with Crippen LogP contribution < -0.4 is 0 Å². The minimum absolute atomic E-state index is 0.206. The second kappa shape index (κ2) is 6.34. The van der Waals surface area contributed by atoms with E-state index in [1.807, 2.05) is 0 Å². The van der Waals surface area contributed by atoms with E-state index in [9.17, 15) is 15.0 Å². The first kappa shape index (κ1) is 13.6. The predicted octanol–water partition coefficient (Wildman–Crippen LogP) is 0.309. The van der Waals surface area contributed by atoms with Gasteiger partial charge in [-0.1, -0.05) is 24.3 Å². The molecule has 2 unspecified atom stereocenters. The number of carbonyl (C=O) groups excluding carboxylic acids is 1. The summed E-state index contributed by atoms with van der Waals surface area (Å²) < 4.78 is 4.68. The smallest absolute Gasteiger partial charge is 0.339 e. The predicted molar refractivity (Wildman–Crippen MR) is 60.1 cm³/mol. The van der Waals surface area contributed by atoms with Crippen LogP contribution in [0.25, 0.3) is 0 Å². The second-order valence-corrected chi connectivity index (χ2v) is 3.52. The molecule has 0 heterocycles. The van der Waals surface area contributed by atoms with Crippen LogP contribution in [0, 0.1) is 0 Å². The number of hydrogen-bond donors (Lipinski definition) is 3. The summed E-state index contributed by atoms with van der Waals surface area (Å²) in [6, 6.07) is 6.10. The molecule has 1 rings (SSSR count). The number of esters is 1. The van der Waals surface area contributed by atoms with E-state index >= 15 is 0 Å². The Morgan fingerprint density at radius 2 is 1.76 bits per heavy atom. The van der Waals surface area contributed by atoms with Crippen LogP contribution in [0.15, 0.2) is 24.3 Å². The largest absolute Gasteiger partial charge is 0.464 e. The zero-order valence-corrected chi connectivity index (χ0v) is 9.54. The lowest BCUT2D eigenvalue weighted by atomic mass is 10.0. The third-order valence-electron chi connectivity index (χ3n) is 2.32. The molecule has 0 saturated heterocycles. The van der Waals surface area contributed by atoms with Crippen molar-refractivity contribution >= 4 is 5.97 Å². The van der Waals surface area contributed by atoms with Crippen LogP contribution in [-0.2, 0) is 9.53 Å². The van der Waals surface area contributed by atoms with Gasteiger partial charge in [0.05, 0.1) is 13.2 Å². The van der Waals surface area contributed by atoms with Gasteiger partial charge in [-0.3, -0.25) is 0 Å². The summed E-state index contributed by atoms with van der Waals surface area (Å²) >= 11 is 0. The summed E-state index contributed by atoms with van der Waals surface area (Å²) in [5.74, 6) is -0.706. The fourth-order valence-corrected chi connectivity index (χ4v) is 1.36. The lowest BCUT2D eigenvalue weighted by molar-refractivity contribution is -0.153. The van der Waals surface area contributed by atoms with Crippen LogP contribution in [0.1, 0.15) is 30.3 Å². The molecule has 5 heteroatoms. The van der Waals surface area contributed by atoms with E-state index in [2.05, 4.69) is 4.74 Å². The van der Waals surface area contributed by atoms with Crippen LogP contribution in [0.3, 0.4) is 0 Å². The molecule has 0 aliphatic heterocycles. The van der Waals surface area contributed by atoms with Gasteiger partial charge in [-0.2, -0.15) is 0 Å². The van der Waals surface area contributed by atoms with Crippen LogP contribution in [0.2, 0.25) is 0 Å². The fourth-order valence-electron chi connectivity index (χ4n) is 1.36. The van der Waals surface area contributed by atoms with Crippen molar-refractivity contribution in [1.29, 1.82) is 0 Å². The van der Waals surface area contributed by atoms with Crippen molar-refractivity contribution in [2.24, 2.45) is 0 Å². The minimum Gasteiger partial charge on any atom is -0.464 e. The van der Waals surface area contributed by atoms with Crippen molar-refractivity contribution in [3.05, 3.63) is 35.4 Å². The lowest BCUT2D eigenvalue weighted by Crippen LogP contribution is -2.15. The maximum Gasteiger partial charge on any atom is 0.339 e. The van der Waals surface area contributed by atoms with Crippen molar-refractivity contribution in [2.75, 3.05) is 13.2 Å². The molecule has 0 radical (unpaired) electrons. The molecule has 0 aliphatic carbocycles. The van der Waals surface area contributed by atoms with E-state index in [1.54, 1.807) is 19.1 Å². The zero-order chi connectivity index (χ0) is 12.8. The van der Waals surface area contributed by atoms with Gasteiger partial charge in [0.2, 0.25) is 0 Å². The maximum atomic E-state index is 11.3. The average molecular weight is 240 g/mol. The fraction of sp³-hybridized carbons (Fsp3) is 0.417. The molecule has 0 saturated carbocycles. The van der Waals surface area contributed by atoms with Gasteiger partial charge in [0.1, 0.15) is 6.10 Å². The van der Waals surface area contributed by atoms with Gasteiger partial charge >= 0.3 is 5.97 Å². The van der Waals surface area contributed by atoms with Crippen LogP contribution in [0.4, 0.5) is 0 Å². The van der Waals surface area contributed by atoms with E-state index in [4.69, 9.17) is 5.11 Å². The van der Waals surface area contributed by atoms with E-state index in [0.29, 0.717) is 11.1 Å². The molecule has 0 fully saturated rings. The molecule has 0 bridgehead atoms. The van der Waals surface area contributed by atoms with Gasteiger partial charge in [0.25, 0.3) is 0 Å². The maximum absolute atomic E-state index is 11.3.